The summed E-state index contributed by atoms with van der Waals surface area (Å²) in [6.45, 7) is 2.02. The topological polar surface area (TPSA) is 54.7 Å². The molecule has 1 atom stereocenters. The maximum Gasteiger partial charge on any atom is 0.106 e. The molecule has 1 unspecified atom stereocenters. The summed E-state index contributed by atoms with van der Waals surface area (Å²) >= 11 is 1.75. The third-order valence-electron chi connectivity index (χ3n) is 2.87. The van der Waals surface area contributed by atoms with Gasteiger partial charge >= 0.3 is 0 Å². The van der Waals surface area contributed by atoms with Crippen molar-refractivity contribution >= 4 is 11.8 Å². The first-order valence-electron chi connectivity index (χ1n) is 6.13. The molecule has 0 aliphatic rings. The standard InChI is InChI=1S/C14H19N3S/c1-10(15)3-8-14-16-9-13(17-14)11-4-6-12(18-2)7-5-11/h4-7,9-10H,3,8,15H2,1-2H3,(H,16,17). The van der Waals surface area contributed by atoms with Gasteiger partial charge in [-0.2, -0.15) is 0 Å². The van der Waals surface area contributed by atoms with E-state index < -0.39 is 0 Å². The van der Waals surface area contributed by atoms with E-state index >= 15 is 0 Å². The van der Waals surface area contributed by atoms with Crippen LogP contribution in [0.3, 0.4) is 0 Å². The van der Waals surface area contributed by atoms with Crippen molar-refractivity contribution in [1.29, 1.82) is 0 Å². The molecule has 0 aliphatic carbocycles. The molecule has 0 aliphatic heterocycles. The van der Waals surface area contributed by atoms with Crippen LogP contribution in [0.4, 0.5) is 0 Å². The maximum atomic E-state index is 5.75. The van der Waals surface area contributed by atoms with Gasteiger partial charge in [0.1, 0.15) is 5.82 Å². The Balaban J connectivity index is 2.08. The Morgan fingerprint density at radius 2 is 2.06 bits per heavy atom. The number of nitrogens with two attached hydrogens (primary N) is 1. The van der Waals surface area contributed by atoms with E-state index in [2.05, 4.69) is 40.5 Å². The maximum absolute atomic E-state index is 5.75. The quantitative estimate of drug-likeness (QED) is 0.813. The third kappa shape index (κ3) is 3.37. The van der Waals surface area contributed by atoms with Crippen LogP contribution in [-0.2, 0) is 6.42 Å². The zero-order valence-electron chi connectivity index (χ0n) is 10.8. The first kappa shape index (κ1) is 13.2. The number of aromatic nitrogens is 2. The molecular weight excluding hydrogens is 242 g/mol. The minimum atomic E-state index is 0.222. The van der Waals surface area contributed by atoms with Crippen LogP contribution in [0.1, 0.15) is 19.2 Å². The molecule has 0 saturated heterocycles. The Morgan fingerprint density at radius 1 is 1.33 bits per heavy atom. The molecule has 2 aromatic rings. The van der Waals surface area contributed by atoms with Gasteiger partial charge in [0.2, 0.25) is 0 Å². The van der Waals surface area contributed by atoms with Crippen molar-refractivity contribution in [3.63, 3.8) is 0 Å². The van der Waals surface area contributed by atoms with Gasteiger partial charge in [-0.05, 0) is 37.3 Å². The number of benzene rings is 1. The lowest BCUT2D eigenvalue weighted by Gasteiger charge is -2.02. The number of hydrogen-bond donors (Lipinski definition) is 2. The summed E-state index contributed by atoms with van der Waals surface area (Å²) in [7, 11) is 0. The molecule has 0 fully saturated rings. The second-order valence-electron chi connectivity index (χ2n) is 4.49. The van der Waals surface area contributed by atoms with Crippen LogP contribution in [0.5, 0.6) is 0 Å². The molecule has 96 valence electrons. The number of aromatic amines is 1. The zero-order valence-corrected chi connectivity index (χ0v) is 11.6. The zero-order chi connectivity index (χ0) is 13.0. The summed E-state index contributed by atoms with van der Waals surface area (Å²) in [5.74, 6) is 1.01. The molecule has 2 rings (SSSR count). The predicted octanol–water partition coefficient (Wildman–Crippen LogP) is 3.08. The molecule has 18 heavy (non-hydrogen) atoms. The number of H-pyrrole nitrogens is 1. The third-order valence-corrected chi connectivity index (χ3v) is 3.61. The van der Waals surface area contributed by atoms with Crippen LogP contribution in [0.25, 0.3) is 11.3 Å². The van der Waals surface area contributed by atoms with Crippen molar-refractivity contribution < 1.29 is 0 Å². The highest BCUT2D eigenvalue weighted by Gasteiger charge is 2.04. The Labute approximate surface area is 112 Å². The monoisotopic (exact) mass is 261 g/mol. The number of nitrogens with zero attached hydrogens (tertiary/aromatic N) is 1. The Morgan fingerprint density at radius 3 is 2.67 bits per heavy atom. The normalized spacial score (nSPS) is 12.6. The number of imidazole rings is 1. The lowest BCUT2D eigenvalue weighted by molar-refractivity contribution is 0.652. The van der Waals surface area contributed by atoms with E-state index in [1.54, 1.807) is 11.8 Å². The second-order valence-corrected chi connectivity index (χ2v) is 5.37. The van der Waals surface area contributed by atoms with Gasteiger partial charge < -0.3 is 10.7 Å². The summed E-state index contributed by atoms with van der Waals surface area (Å²) in [5, 5.41) is 0. The number of nitrogens with one attached hydrogen (secondary N) is 1. The Kier molecular flexibility index (Phi) is 4.44. The number of aryl methyl sites for hydroxylation is 1. The fraction of sp³-hybridized carbons (Fsp3) is 0.357. The van der Waals surface area contributed by atoms with Crippen LogP contribution < -0.4 is 5.73 Å². The van der Waals surface area contributed by atoms with E-state index in [4.69, 9.17) is 5.73 Å². The molecule has 0 spiro atoms. The average molecular weight is 261 g/mol. The van der Waals surface area contributed by atoms with E-state index in [1.165, 1.54) is 10.5 Å². The molecular formula is C14H19N3S. The molecule has 1 heterocycles. The van der Waals surface area contributed by atoms with E-state index in [-0.39, 0.29) is 6.04 Å². The smallest absolute Gasteiger partial charge is 0.106 e. The van der Waals surface area contributed by atoms with Crippen molar-refractivity contribution in [2.75, 3.05) is 6.26 Å². The molecule has 1 aromatic heterocycles. The average Bonchev–Trinajstić information content (AvgIpc) is 2.85. The first-order chi connectivity index (χ1) is 8.69. The molecule has 4 heteroatoms. The van der Waals surface area contributed by atoms with Crippen molar-refractivity contribution in [3.8, 4) is 11.3 Å². The van der Waals surface area contributed by atoms with Crippen molar-refractivity contribution in [2.45, 2.75) is 30.7 Å². The second kappa shape index (κ2) is 6.07. The van der Waals surface area contributed by atoms with Crippen molar-refractivity contribution in [1.82, 2.24) is 9.97 Å². The Hall–Kier alpha value is -1.26. The number of thioether (sulfide) groups is 1. The molecule has 0 bridgehead atoms. The van der Waals surface area contributed by atoms with Crippen LogP contribution in [0, 0.1) is 0 Å². The van der Waals surface area contributed by atoms with Gasteiger partial charge in [0, 0.05) is 17.4 Å². The van der Waals surface area contributed by atoms with Gasteiger partial charge in [-0.15, -0.1) is 11.8 Å². The van der Waals surface area contributed by atoms with E-state index in [0.717, 1.165) is 24.4 Å². The van der Waals surface area contributed by atoms with E-state index in [1.807, 2.05) is 13.1 Å². The van der Waals surface area contributed by atoms with Crippen molar-refractivity contribution in [3.05, 3.63) is 36.3 Å². The van der Waals surface area contributed by atoms with Gasteiger partial charge in [0.05, 0.1) is 11.9 Å². The molecule has 1 aromatic carbocycles. The lowest BCUT2D eigenvalue weighted by Crippen LogP contribution is -2.15. The molecule has 3 nitrogen and oxygen atoms in total. The summed E-state index contributed by atoms with van der Waals surface area (Å²) in [6.07, 6.45) is 5.83. The number of rotatable bonds is 5. The molecule has 0 saturated carbocycles. The van der Waals surface area contributed by atoms with E-state index in [0.29, 0.717) is 0 Å². The van der Waals surface area contributed by atoms with Crippen molar-refractivity contribution in [2.24, 2.45) is 5.73 Å². The Bertz CT molecular complexity index is 488. The number of hydrogen-bond acceptors (Lipinski definition) is 3. The van der Waals surface area contributed by atoms with Gasteiger partial charge in [0.15, 0.2) is 0 Å². The lowest BCUT2D eigenvalue weighted by atomic mass is 10.2. The van der Waals surface area contributed by atoms with Crippen LogP contribution in [0.15, 0.2) is 35.4 Å². The van der Waals surface area contributed by atoms with Gasteiger partial charge in [-0.3, -0.25) is 0 Å². The van der Waals surface area contributed by atoms with Gasteiger partial charge in [0.25, 0.3) is 0 Å². The van der Waals surface area contributed by atoms with Gasteiger partial charge in [-0.25, -0.2) is 4.98 Å². The fourth-order valence-electron chi connectivity index (χ4n) is 1.77. The highest BCUT2D eigenvalue weighted by molar-refractivity contribution is 7.98. The molecule has 0 radical (unpaired) electrons. The van der Waals surface area contributed by atoms with Crippen LogP contribution in [0.2, 0.25) is 0 Å². The fourth-order valence-corrected chi connectivity index (χ4v) is 2.18. The molecule has 3 N–H and O–H groups in total. The van der Waals surface area contributed by atoms with Gasteiger partial charge in [-0.1, -0.05) is 12.1 Å². The summed E-state index contributed by atoms with van der Waals surface area (Å²) in [4.78, 5) is 9.01. The SMILES string of the molecule is CSc1ccc(-c2cnc(CCC(C)N)[nH]2)cc1. The summed E-state index contributed by atoms with van der Waals surface area (Å²) in [6, 6.07) is 8.72. The first-order valence-corrected chi connectivity index (χ1v) is 7.35. The highest BCUT2D eigenvalue weighted by Crippen LogP contribution is 2.21. The molecule has 0 amide bonds. The largest absolute Gasteiger partial charge is 0.342 e. The van der Waals surface area contributed by atoms with Crippen LogP contribution in [-0.4, -0.2) is 22.3 Å². The summed E-state index contributed by atoms with van der Waals surface area (Å²) < 4.78 is 0. The minimum Gasteiger partial charge on any atom is -0.342 e. The summed E-state index contributed by atoms with van der Waals surface area (Å²) in [5.41, 5.74) is 7.99. The predicted molar refractivity (Wildman–Crippen MR) is 77.8 cm³/mol. The minimum absolute atomic E-state index is 0.222. The highest BCUT2D eigenvalue weighted by atomic mass is 32.2. The van der Waals surface area contributed by atoms with E-state index in [9.17, 15) is 0 Å². The van der Waals surface area contributed by atoms with Crippen LogP contribution >= 0.6 is 11.8 Å².